The molecule has 0 aliphatic heterocycles. The molecule has 0 saturated heterocycles. The summed E-state index contributed by atoms with van der Waals surface area (Å²) in [6, 6.07) is 12.0. The van der Waals surface area contributed by atoms with Gasteiger partial charge in [-0.25, -0.2) is 4.79 Å². The SMILES string of the molecule is CC(C)C[C@H](NC(=O)[C@@H](NC(=O)[C@H](Cc1ccccc1)NC(=O)/C=C/C(=O)NCC(=O)NCC(=O)N[C@@H](Cc1ccccc1)C(=O)O)C1CCCCC1)C(=O)N[C@H](C(N)=O)C(C)C. The molecule has 2 aromatic carbocycles. The lowest BCUT2D eigenvalue weighted by molar-refractivity contribution is -0.141. The van der Waals surface area contributed by atoms with E-state index in [1.165, 1.54) is 0 Å². The number of carboxylic acid groups (broad SMARTS) is 1. The van der Waals surface area contributed by atoms with Gasteiger partial charge in [-0.2, -0.15) is 0 Å². The Morgan fingerprint density at radius 2 is 1.16 bits per heavy atom. The van der Waals surface area contributed by atoms with Crippen molar-refractivity contribution >= 4 is 53.2 Å². The third kappa shape index (κ3) is 18.5. The zero-order chi connectivity index (χ0) is 46.5. The van der Waals surface area contributed by atoms with Crippen LogP contribution in [0.5, 0.6) is 0 Å². The molecule has 10 N–H and O–H groups in total. The van der Waals surface area contributed by atoms with Crippen LogP contribution >= 0.6 is 0 Å². The molecule has 1 aliphatic rings. The van der Waals surface area contributed by atoms with Crippen LogP contribution < -0.4 is 43.0 Å². The fourth-order valence-electron chi connectivity index (χ4n) is 7.10. The quantitative estimate of drug-likeness (QED) is 0.0660. The number of benzene rings is 2. The fourth-order valence-corrected chi connectivity index (χ4v) is 7.10. The first kappa shape index (κ1) is 50.8. The summed E-state index contributed by atoms with van der Waals surface area (Å²) in [6.45, 7) is 6.11. The van der Waals surface area contributed by atoms with Gasteiger partial charge in [-0.3, -0.25) is 38.4 Å². The number of hydrogen-bond acceptors (Lipinski definition) is 9. The number of nitrogens with two attached hydrogens (primary N) is 1. The number of carbonyl (C=O) groups excluding carboxylic acids is 8. The van der Waals surface area contributed by atoms with E-state index in [1.54, 1.807) is 74.5 Å². The van der Waals surface area contributed by atoms with Crippen LogP contribution in [0.3, 0.4) is 0 Å². The van der Waals surface area contributed by atoms with Gasteiger partial charge in [0.2, 0.25) is 47.3 Å². The topological polar surface area (TPSA) is 284 Å². The predicted octanol–water partition coefficient (Wildman–Crippen LogP) is 0.537. The highest BCUT2D eigenvalue weighted by molar-refractivity contribution is 6.00. The van der Waals surface area contributed by atoms with E-state index in [4.69, 9.17) is 5.73 Å². The molecule has 18 heteroatoms. The molecule has 342 valence electrons. The molecule has 8 amide bonds. The molecule has 0 bridgehead atoms. The Hall–Kier alpha value is -6.59. The molecule has 0 unspecified atom stereocenters. The van der Waals surface area contributed by atoms with Crippen LogP contribution in [0.15, 0.2) is 72.8 Å². The third-order valence-electron chi connectivity index (χ3n) is 10.4. The van der Waals surface area contributed by atoms with Gasteiger partial charge in [0.1, 0.15) is 30.2 Å². The molecule has 0 heterocycles. The van der Waals surface area contributed by atoms with Gasteiger partial charge >= 0.3 is 5.97 Å². The van der Waals surface area contributed by atoms with Gasteiger partial charge in [0.15, 0.2) is 0 Å². The molecule has 2 aromatic rings. The minimum atomic E-state index is -1.25. The van der Waals surface area contributed by atoms with Crippen LogP contribution in [-0.4, -0.2) is 102 Å². The van der Waals surface area contributed by atoms with Gasteiger partial charge in [-0.1, -0.05) is 108 Å². The van der Waals surface area contributed by atoms with E-state index < -0.39 is 96.5 Å². The normalized spacial score (nSPS) is 15.2. The Balaban J connectivity index is 1.66. The number of hydrogen-bond donors (Lipinski definition) is 9. The number of amides is 8. The van der Waals surface area contributed by atoms with Crippen molar-refractivity contribution in [1.29, 1.82) is 0 Å². The van der Waals surface area contributed by atoms with Crippen LogP contribution in [0.4, 0.5) is 0 Å². The van der Waals surface area contributed by atoms with Crippen LogP contribution in [0, 0.1) is 17.8 Å². The summed E-state index contributed by atoms with van der Waals surface area (Å²) < 4.78 is 0. The summed E-state index contributed by atoms with van der Waals surface area (Å²) in [7, 11) is 0. The first-order valence-corrected chi connectivity index (χ1v) is 21.3. The maximum atomic E-state index is 14.1. The van der Waals surface area contributed by atoms with Gasteiger partial charge < -0.3 is 48.1 Å². The Bertz CT molecular complexity index is 1920. The largest absolute Gasteiger partial charge is 0.480 e. The number of carbonyl (C=O) groups is 9. The molecule has 3 rings (SSSR count). The summed E-state index contributed by atoms with van der Waals surface area (Å²) >= 11 is 0. The van der Waals surface area contributed by atoms with Crippen LogP contribution in [-0.2, 0) is 56.0 Å². The van der Waals surface area contributed by atoms with Crippen molar-refractivity contribution in [2.75, 3.05) is 13.1 Å². The van der Waals surface area contributed by atoms with Crippen molar-refractivity contribution in [3.8, 4) is 0 Å². The molecule has 1 aliphatic carbocycles. The number of primary amides is 1. The lowest BCUT2D eigenvalue weighted by atomic mass is 9.83. The molecule has 1 saturated carbocycles. The zero-order valence-electron chi connectivity index (χ0n) is 36.3. The number of rotatable bonds is 24. The van der Waals surface area contributed by atoms with Crippen molar-refractivity contribution < 1.29 is 48.3 Å². The highest BCUT2D eigenvalue weighted by atomic mass is 16.4. The molecule has 0 aromatic heterocycles. The van der Waals surface area contributed by atoms with E-state index in [0.29, 0.717) is 24.0 Å². The Morgan fingerprint density at radius 1 is 0.619 bits per heavy atom. The van der Waals surface area contributed by atoms with Crippen LogP contribution in [0.2, 0.25) is 0 Å². The Kier molecular flexibility index (Phi) is 21.0. The smallest absolute Gasteiger partial charge is 0.326 e. The number of nitrogens with one attached hydrogen (secondary N) is 7. The molecular formula is C45H62N8O10. The summed E-state index contributed by atoms with van der Waals surface area (Å²) in [4.78, 5) is 116. The van der Waals surface area contributed by atoms with E-state index in [-0.39, 0.29) is 37.0 Å². The molecule has 1 fully saturated rings. The van der Waals surface area contributed by atoms with Crippen LogP contribution in [0.1, 0.15) is 77.3 Å². The first-order valence-electron chi connectivity index (χ1n) is 21.3. The number of carboxylic acids is 1. The van der Waals surface area contributed by atoms with Gasteiger partial charge in [-0.05, 0) is 48.1 Å². The van der Waals surface area contributed by atoms with Crippen molar-refractivity contribution in [2.45, 2.75) is 109 Å². The lowest BCUT2D eigenvalue weighted by Gasteiger charge is -2.33. The highest BCUT2D eigenvalue weighted by Crippen LogP contribution is 2.27. The maximum Gasteiger partial charge on any atom is 0.326 e. The summed E-state index contributed by atoms with van der Waals surface area (Å²) in [5.74, 6) is -7.60. The van der Waals surface area contributed by atoms with Gasteiger partial charge in [0.25, 0.3) is 0 Å². The average molecular weight is 875 g/mol. The van der Waals surface area contributed by atoms with E-state index in [2.05, 4.69) is 37.2 Å². The third-order valence-corrected chi connectivity index (χ3v) is 10.4. The minimum Gasteiger partial charge on any atom is -0.480 e. The van der Waals surface area contributed by atoms with Crippen LogP contribution in [0.25, 0.3) is 0 Å². The molecule has 18 nitrogen and oxygen atoms in total. The van der Waals surface area contributed by atoms with E-state index >= 15 is 0 Å². The van der Waals surface area contributed by atoms with E-state index in [1.807, 2.05) is 13.8 Å². The Labute approximate surface area is 367 Å². The fraction of sp³-hybridized carbons (Fsp3) is 0.489. The van der Waals surface area contributed by atoms with E-state index in [9.17, 15) is 48.3 Å². The molecule has 63 heavy (non-hydrogen) atoms. The van der Waals surface area contributed by atoms with Gasteiger partial charge in [0.05, 0.1) is 13.1 Å². The van der Waals surface area contributed by atoms with Crippen molar-refractivity contribution in [3.05, 3.63) is 83.9 Å². The zero-order valence-corrected chi connectivity index (χ0v) is 36.3. The van der Waals surface area contributed by atoms with E-state index in [0.717, 1.165) is 31.4 Å². The average Bonchev–Trinajstić information content (AvgIpc) is 3.24. The van der Waals surface area contributed by atoms with Gasteiger partial charge in [0, 0.05) is 25.0 Å². The number of aliphatic carboxylic acids is 1. The summed E-state index contributed by atoms with van der Waals surface area (Å²) in [6.07, 6.45) is 5.90. The summed E-state index contributed by atoms with van der Waals surface area (Å²) in [5.41, 5.74) is 6.92. The van der Waals surface area contributed by atoms with Crippen molar-refractivity contribution in [1.82, 2.24) is 37.2 Å². The Morgan fingerprint density at radius 3 is 1.70 bits per heavy atom. The highest BCUT2D eigenvalue weighted by Gasteiger charge is 2.36. The molecular weight excluding hydrogens is 813 g/mol. The second-order valence-electron chi connectivity index (χ2n) is 16.4. The molecule has 0 radical (unpaired) electrons. The molecule has 0 spiro atoms. The maximum absolute atomic E-state index is 14.1. The summed E-state index contributed by atoms with van der Waals surface area (Å²) in [5, 5.41) is 27.4. The molecule has 5 atom stereocenters. The monoisotopic (exact) mass is 874 g/mol. The minimum absolute atomic E-state index is 0.0206. The standard InChI is InChI=1S/C45H62N8O10/c1-27(2)22-32(42(59)52-39(28(3)4)41(46)58)51-44(61)40(31-18-12-7-13-19-31)53-43(60)33(23-29-14-8-5-9-15-29)49-36(55)21-20-35(54)47-25-37(56)48-26-38(57)50-34(45(62)63)24-30-16-10-6-11-17-30/h5-6,8-11,14-17,20-21,27-28,31-34,39-40H,7,12-13,18-19,22-26H2,1-4H3,(H2,46,58)(H,47,54)(H,48,56)(H,49,55)(H,50,57)(H,51,61)(H,52,59)(H,53,60)(H,62,63)/b21-20+/t32-,33-,34-,39-,40-/m0/s1. The first-order chi connectivity index (χ1) is 29.9. The van der Waals surface area contributed by atoms with Crippen molar-refractivity contribution in [2.24, 2.45) is 23.5 Å². The second-order valence-corrected chi connectivity index (χ2v) is 16.4. The van der Waals surface area contributed by atoms with Crippen molar-refractivity contribution in [3.63, 3.8) is 0 Å². The second kappa shape index (κ2) is 26.0. The van der Waals surface area contributed by atoms with Gasteiger partial charge in [-0.15, -0.1) is 0 Å². The predicted molar refractivity (Wildman–Crippen MR) is 233 cm³/mol. The lowest BCUT2D eigenvalue weighted by Crippen LogP contribution is -2.60.